The molecule has 7 heteroatoms. The second kappa shape index (κ2) is 5.61. The van der Waals surface area contributed by atoms with Gasteiger partial charge in [0.05, 0.1) is 22.8 Å². The predicted octanol–water partition coefficient (Wildman–Crippen LogP) is 5.04. The maximum atomic E-state index is 12.7. The summed E-state index contributed by atoms with van der Waals surface area (Å²) in [4.78, 5) is 5.27. The fraction of sp³-hybridized carbons (Fsp3) is 0.308. The van der Waals surface area contributed by atoms with Crippen LogP contribution >= 0.6 is 22.9 Å². The lowest BCUT2D eigenvalue weighted by Crippen LogP contribution is -2.06. The lowest BCUT2D eigenvalue weighted by atomic mass is 10.2. The number of benzene rings is 1. The Morgan fingerprint density at radius 3 is 2.50 bits per heavy atom. The molecule has 1 heterocycles. The Hall–Kier alpha value is -1.27. The van der Waals surface area contributed by atoms with Crippen molar-refractivity contribution in [2.24, 2.45) is 0 Å². The third kappa shape index (κ3) is 3.64. The van der Waals surface area contributed by atoms with Crippen LogP contribution in [0.3, 0.4) is 0 Å². The number of rotatable bonds is 3. The molecule has 0 aliphatic carbocycles. The molecule has 0 saturated carbocycles. The van der Waals surface area contributed by atoms with Gasteiger partial charge in [-0.3, -0.25) is 0 Å². The molecule has 0 aliphatic heterocycles. The number of hydrogen-bond acceptors (Lipinski definition) is 3. The van der Waals surface area contributed by atoms with Crippen molar-refractivity contribution < 1.29 is 13.2 Å². The lowest BCUT2D eigenvalue weighted by molar-refractivity contribution is -0.137. The molecule has 1 aromatic heterocycles. The Morgan fingerprint density at radius 1 is 1.25 bits per heavy atom. The van der Waals surface area contributed by atoms with E-state index in [1.54, 1.807) is 0 Å². The third-order valence-electron chi connectivity index (χ3n) is 2.68. The van der Waals surface area contributed by atoms with Crippen molar-refractivity contribution in [3.8, 4) is 0 Å². The number of thiazole rings is 1. The van der Waals surface area contributed by atoms with E-state index in [0.717, 1.165) is 27.7 Å². The molecule has 1 aromatic carbocycles. The lowest BCUT2D eigenvalue weighted by Gasteiger charge is -2.11. The molecule has 1 N–H and O–H groups in total. The standard InChI is InChI=1S/C13H12ClF3N2S/c1-7-12(20-8(2)19-7)6-18-11-4-9(13(15,16)17)3-10(14)5-11/h3-5,18H,6H2,1-2H3. The van der Waals surface area contributed by atoms with Crippen molar-refractivity contribution in [1.82, 2.24) is 4.98 Å². The first-order chi connectivity index (χ1) is 9.25. The molecular formula is C13H12ClF3N2S. The van der Waals surface area contributed by atoms with Crippen LogP contribution in [0.5, 0.6) is 0 Å². The van der Waals surface area contributed by atoms with Gasteiger partial charge in [-0.15, -0.1) is 11.3 Å². The van der Waals surface area contributed by atoms with Crippen LogP contribution in [-0.4, -0.2) is 4.98 Å². The van der Waals surface area contributed by atoms with Gasteiger partial charge in [-0.25, -0.2) is 4.98 Å². The highest BCUT2D eigenvalue weighted by Gasteiger charge is 2.31. The largest absolute Gasteiger partial charge is 0.416 e. The van der Waals surface area contributed by atoms with Crippen LogP contribution in [0.4, 0.5) is 18.9 Å². The number of hydrogen-bond donors (Lipinski definition) is 1. The molecule has 0 amide bonds. The highest BCUT2D eigenvalue weighted by molar-refractivity contribution is 7.11. The quantitative estimate of drug-likeness (QED) is 0.856. The maximum Gasteiger partial charge on any atom is 0.416 e. The summed E-state index contributed by atoms with van der Waals surface area (Å²) < 4.78 is 38.1. The van der Waals surface area contributed by atoms with Crippen molar-refractivity contribution >= 4 is 28.6 Å². The first-order valence-electron chi connectivity index (χ1n) is 5.80. The normalized spacial score (nSPS) is 11.7. The summed E-state index contributed by atoms with van der Waals surface area (Å²) in [5, 5.41) is 3.94. The van der Waals surface area contributed by atoms with Crippen LogP contribution in [-0.2, 0) is 12.7 Å². The van der Waals surface area contributed by atoms with Gasteiger partial charge in [0.1, 0.15) is 0 Å². The second-order valence-electron chi connectivity index (χ2n) is 4.32. The van der Waals surface area contributed by atoms with Gasteiger partial charge in [-0.05, 0) is 32.0 Å². The van der Waals surface area contributed by atoms with E-state index in [4.69, 9.17) is 11.6 Å². The predicted molar refractivity (Wildman–Crippen MR) is 75.4 cm³/mol. The van der Waals surface area contributed by atoms with E-state index in [1.807, 2.05) is 13.8 Å². The molecule has 0 bridgehead atoms. The zero-order chi connectivity index (χ0) is 14.9. The SMILES string of the molecule is Cc1nc(C)c(CNc2cc(Cl)cc(C(F)(F)F)c2)s1. The fourth-order valence-corrected chi connectivity index (χ4v) is 2.89. The molecule has 0 spiro atoms. The van der Waals surface area contributed by atoms with E-state index < -0.39 is 11.7 Å². The van der Waals surface area contributed by atoms with Crippen LogP contribution in [0.15, 0.2) is 18.2 Å². The summed E-state index contributed by atoms with van der Waals surface area (Å²) in [6.45, 7) is 4.19. The van der Waals surface area contributed by atoms with E-state index in [2.05, 4.69) is 10.3 Å². The second-order valence-corrected chi connectivity index (χ2v) is 6.05. The maximum absolute atomic E-state index is 12.7. The van der Waals surface area contributed by atoms with Crippen LogP contribution in [0.25, 0.3) is 0 Å². The molecule has 2 nitrogen and oxygen atoms in total. The topological polar surface area (TPSA) is 24.9 Å². The van der Waals surface area contributed by atoms with Crippen molar-refractivity contribution in [2.45, 2.75) is 26.6 Å². The molecule has 0 radical (unpaired) electrons. The number of anilines is 1. The molecule has 0 saturated heterocycles. The van der Waals surface area contributed by atoms with Crippen molar-refractivity contribution in [1.29, 1.82) is 0 Å². The van der Waals surface area contributed by atoms with E-state index >= 15 is 0 Å². The summed E-state index contributed by atoms with van der Waals surface area (Å²) in [6.07, 6.45) is -4.40. The van der Waals surface area contributed by atoms with E-state index in [1.165, 1.54) is 17.4 Å². The van der Waals surface area contributed by atoms with Crippen LogP contribution in [0, 0.1) is 13.8 Å². The van der Waals surface area contributed by atoms with Gasteiger partial charge in [0, 0.05) is 15.6 Å². The summed E-state index contributed by atoms with van der Waals surface area (Å²) >= 11 is 7.24. The molecule has 0 aliphatic rings. The molecule has 2 aromatic rings. The van der Waals surface area contributed by atoms with Gasteiger partial charge in [0.25, 0.3) is 0 Å². The highest BCUT2D eigenvalue weighted by Crippen LogP contribution is 2.33. The average molecular weight is 321 g/mol. The Morgan fingerprint density at radius 2 is 1.95 bits per heavy atom. The van der Waals surface area contributed by atoms with E-state index in [0.29, 0.717) is 12.2 Å². The van der Waals surface area contributed by atoms with Crippen molar-refractivity contribution in [3.63, 3.8) is 0 Å². The van der Waals surface area contributed by atoms with Gasteiger partial charge >= 0.3 is 6.18 Å². The van der Waals surface area contributed by atoms with Gasteiger partial charge in [0.2, 0.25) is 0 Å². The Bertz CT molecular complexity index is 623. The zero-order valence-electron chi connectivity index (χ0n) is 10.8. The fourth-order valence-electron chi connectivity index (χ4n) is 1.78. The minimum Gasteiger partial charge on any atom is -0.380 e. The van der Waals surface area contributed by atoms with Gasteiger partial charge in [-0.1, -0.05) is 11.6 Å². The number of halogens is 4. The smallest absolute Gasteiger partial charge is 0.380 e. The number of nitrogens with zero attached hydrogens (tertiary/aromatic N) is 1. The zero-order valence-corrected chi connectivity index (χ0v) is 12.4. The minimum atomic E-state index is -4.40. The van der Waals surface area contributed by atoms with Gasteiger partial charge in [0.15, 0.2) is 0 Å². The summed E-state index contributed by atoms with van der Waals surface area (Å²) in [7, 11) is 0. The van der Waals surface area contributed by atoms with E-state index in [9.17, 15) is 13.2 Å². The van der Waals surface area contributed by atoms with Gasteiger partial charge in [-0.2, -0.15) is 13.2 Å². The number of aromatic nitrogens is 1. The molecule has 0 fully saturated rings. The molecule has 0 atom stereocenters. The van der Waals surface area contributed by atoms with E-state index in [-0.39, 0.29) is 5.02 Å². The molecule has 108 valence electrons. The highest BCUT2D eigenvalue weighted by atomic mass is 35.5. The Kier molecular flexibility index (Phi) is 4.25. The van der Waals surface area contributed by atoms with Crippen molar-refractivity contribution in [3.05, 3.63) is 44.4 Å². The first-order valence-corrected chi connectivity index (χ1v) is 7.00. The Balaban J connectivity index is 2.18. The molecule has 20 heavy (non-hydrogen) atoms. The minimum absolute atomic E-state index is 0.0551. The monoisotopic (exact) mass is 320 g/mol. The Labute approximate surface area is 123 Å². The third-order valence-corrected chi connectivity index (χ3v) is 3.97. The van der Waals surface area contributed by atoms with Gasteiger partial charge < -0.3 is 5.32 Å². The van der Waals surface area contributed by atoms with Crippen LogP contribution in [0.1, 0.15) is 21.1 Å². The van der Waals surface area contributed by atoms with Crippen LogP contribution < -0.4 is 5.32 Å². The summed E-state index contributed by atoms with van der Waals surface area (Å²) in [6, 6.07) is 3.43. The molecule has 2 rings (SSSR count). The molecular weight excluding hydrogens is 309 g/mol. The number of nitrogens with one attached hydrogen (secondary N) is 1. The first kappa shape index (κ1) is 15.1. The average Bonchev–Trinajstić information content (AvgIpc) is 2.63. The summed E-state index contributed by atoms with van der Waals surface area (Å²) in [5.74, 6) is 0. The summed E-state index contributed by atoms with van der Waals surface area (Å²) in [5.41, 5.74) is 0.470. The number of aryl methyl sites for hydroxylation is 2. The van der Waals surface area contributed by atoms with Crippen molar-refractivity contribution in [2.75, 3.05) is 5.32 Å². The van der Waals surface area contributed by atoms with Crippen LogP contribution in [0.2, 0.25) is 5.02 Å². The molecule has 0 unspecified atom stereocenters. The number of alkyl halides is 3.